The van der Waals surface area contributed by atoms with Crippen molar-refractivity contribution in [3.63, 3.8) is 0 Å². The molecule has 1 atom stereocenters. The van der Waals surface area contributed by atoms with Crippen LogP contribution in [0.15, 0.2) is 18.2 Å². The van der Waals surface area contributed by atoms with E-state index in [0.717, 1.165) is 25.2 Å². The summed E-state index contributed by atoms with van der Waals surface area (Å²) in [7, 11) is 4.15. The fourth-order valence-electron chi connectivity index (χ4n) is 3.07. The van der Waals surface area contributed by atoms with Crippen molar-refractivity contribution in [2.75, 3.05) is 40.3 Å². The van der Waals surface area contributed by atoms with Crippen LogP contribution in [0.1, 0.15) is 24.4 Å². The van der Waals surface area contributed by atoms with Gasteiger partial charge in [0.15, 0.2) is 11.6 Å². The largest absolute Gasteiger partial charge is 0.329 e. The lowest BCUT2D eigenvalue weighted by molar-refractivity contribution is 0.151. The molecule has 5 heteroatoms. The highest BCUT2D eigenvalue weighted by atomic mass is 19.2. The van der Waals surface area contributed by atoms with Gasteiger partial charge in [-0.15, -0.1) is 0 Å². The summed E-state index contributed by atoms with van der Waals surface area (Å²) in [5.74, 6) is -0.975. The monoisotopic (exact) mass is 297 g/mol. The molecule has 1 aliphatic rings. The quantitative estimate of drug-likeness (QED) is 0.904. The second-order valence-corrected chi connectivity index (χ2v) is 6.11. The van der Waals surface area contributed by atoms with Crippen molar-refractivity contribution in [1.29, 1.82) is 0 Å². The average Bonchev–Trinajstić information content (AvgIpc) is 2.46. The molecule has 21 heavy (non-hydrogen) atoms. The minimum Gasteiger partial charge on any atom is -0.329 e. The molecule has 1 aromatic carbocycles. The molecule has 0 aromatic heterocycles. The number of piperidine rings is 1. The van der Waals surface area contributed by atoms with Crippen molar-refractivity contribution in [2.24, 2.45) is 11.7 Å². The van der Waals surface area contributed by atoms with Crippen LogP contribution >= 0.6 is 0 Å². The average molecular weight is 297 g/mol. The number of nitrogens with zero attached hydrogens (tertiary/aromatic N) is 2. The number of likely N-dealkylation sites (N-methyl/N-ethyl adjacent to an activating group) is 1. The van der Waals surface area contributed by atoms with Crippen LogP contribution in [0.5, 0.6) is 0 Å². The van der Waals surface area contributed by atoms with Gasteiger partial charge >= 0.3 is 0 Å². The molecule has 0 bridgehead atoms. The maximum atomic E-state index is 13.4. The highest BCUT2D eigenvalue weighted by Crippen LogP contribution is 2.24. The first kappa shape index (κ1) is 16.3. The summed E-state index contributed by atoms with van der Waals surface area (Å²) in [4.78, 5) is 4.51. The number of hydrogen-bond acceptors (Lipinski definition) is 3. The number of likely N-dealkylation sites (tertiary alicyclic amines) is 1. The molecule has 1 aromatic rings. The Morgan fingerprint density at radius 1 is 1.29 bits per heavy atom. The molecule has 0 aliphatic carbocycles. The fourth-order valence-corrected chi connectivity index (χ4v) is 3.07. The summed E-state index contributed by atoms with van der Waals surface area (Å²) < 4.78 is 26.5. The number of hydrogen-bond donors (Lipinski definition) is 1. The van der Waals surface area contributed by atoms with Crippen molar-refractivity contribution in [3.8, 4) is 0 Å². The summed E-state index contributed by atoms with van der Waals surface area (Å²) in [6.07, 6.45) is 2.35. The Labute approximate surface area is 125 Å². The lowest BCUT2D eigenvalue weighted by Gasteiger charge is -2.35. The van der Waals surface area contributed by atoms with Gasteiger partial charge in [0.05, 0.1) is 0 Å². The molecule has 0 saturated carbocycles. The Morgan fingerprint density at radius 3 is 2.52 bits per heavy atom. The number of rotatable bonds is 5. The van der Waals surface area contributed by atoms with E-state index in [4.69, 9.17) is 5.73 Å². The van der Waals surface area contributed by atoms with Gasteiger partial charge in [0.25, 0.3) is 0 Å². The maximum absolute atomic E-state index is 13.4. The van der Waals surface area contributed by atoms with Gasteiger partial charge < -0.3 is 10.6 Å². The smallest absolute Gasteiger partial charge is 0.159 e. The molecule has 3 nitrogen and oxygen atoms in total. The molecule has 118 valence electrons. The van der Waals surface area contributed by atoms with Gasteiger partial charge in [-0.1, -0.05) is 6.07 Å². The van der Waals surface area contributed by atoms with Crippen LogP contribution in [-0.4, -0.2) is 50.1 Å². The van der Waals surface area contributed by atoms with Crippen molar-refractivity contribution in [1.82, 2.24) is 9.80 Å². The molecule has 2 rings (SSSR count). The van der Waals surface area contributed by atoms with Crippen LogP contribution in [0.3, 0.4) is 0 Å². The zero-order valence-electron chi connectivity index (χ0n) is 12.9. The Morgan fingerprint density at radius 2 is 1.95 bits per heavy atom. The highest BCUT2D eigenvalue weighted by Gasteiger charge is 2.23. The molecule has 2 N–H and O–H groups in total. The fraction of sp³-hybridized carbons (Fsp3) is 0.625. The third-order valence-corrected chi connectivity index (χ3v) is 4.47. The van der Waals surface area contributed by atoms with E-state index in [2.05, 4.69) is 16.8 Å². The van der Waals surface area contributed by atoms with E-state index in [1.807, 2.05) is 7.05 Å². The van der Waals surface area contributed by atoms with Crippen molar-refractivity contribution in [3.05, 3.63) is 35.4 Å². The van der Waals surface area contributed by atoms with Gasteiger partial charge in [-0.05, 0) is 63.6 Å². The lowest BCUT2D eigenvalue weighted by Crippen LogP contribution is -2.38. The van der Waals surface area contributed by atoms with Crippen LogP contribution < -0.4 is 5.73 Å². The van der Waals surface area contributed by atoms with E-state index in [1.54, 1.807) is 6.07 Å². The van der Waals surface area contributed by atoms with Crippen LogP contribution in [0.4, 0.5) is 8.78 Å². The van der Waals surface area contributed by atoms with E-state index in [9.17, 15) is 8.78 Å². The van der Waals surface area contributed by atoms with E-state index in [-0.39, 0.29) is 6.04 Å². The van der Waals surface area contributed by atoms with Gasteiger partial charge in [-0.25, -0.2) is 8.78 Å². The molecule has 1 unspecified atom stereocenters. The molecule has 1 aliphatic heterocycles. The van der Waals surface area contributed by atoms with Crippen LogP contribution in [-0.2, 0) is 0 Å². The van der Waals surface area contributed by atoms with Gasteiger partial charge in [-0.3, -0.25) is 4.90 Å². The second kappa shape index (κ2) is 7.29. The van der Waals surface area contributed by atoms with Gasteiger partial charge in [-0.2, -0.15) is 0 Å². The van der Waals surface area contributed by atoms with Gasteiger partial charge in [0.2, 0.25) is 0 Å². The zero-order chi connectivity index (χ0) is 15.4. The maximum Gasteiger partial charge on any atom is 0.159 e. The minimum atomic E-state index is -0.813. The lowest BCUT2D eigenvalue weighted by atomic mass is 9.95. The topological polar surface area (TPSA) is 32.5 Å². The predicted octanol–water partition coefficient (Wildman–Crippen LogP) is 2.24. The normalized spacial score (nSPS) is 19.1. The second-order valence-electron chi connectivity index (χ2n) is 6.11. The van der Waals surface area contributed by atoms with E-state index >= 15 is 0 Å². The van der Waals surface area contributed by atoms with Crippen LogP contribution in [0.2, 0.25) is 0 Å². The van der Waals surface area contributed by atoms with Crippen molar-refractivity contribution >= 4 is 0 Å². The Bertz CT molecular complexity index is 459. The molecule has 0 spiro atoms. The van der Waals surface area contributed by atoms with E-state index < -0.39 is 11.6 Å². The van der Waals surface area contributed by atoms with Crippen LogP contribution in [0, 0.1) is 17.6 Å². The molecule has 1 fully saturated rings. The number of nitrogens with two attached hydrogens (primary N) is 1. The SMILES string of the molecule is CN1CCC(CN(C)C(CN)c2ccc(F)c(F)c2)CC1. The molecule has 1 heterocycles. The number of halogens is 2. The van der Waals surface area contributed by atoms with E-state index in [1.165, 1.54) is 25.0 Å². The van der Waals surface area contributed by atoms with Gasteiger partial charge in [0.1, 0.15) is 0 Å². The molecule has 0 amide bonds. The molecular weight excluding hydrogens is 272 g/mol. The Kier molecular flexibility index (Phi) is 5.67. The summed E-state index contributed by atoms with van der Waals surface area (Å²) in [6, 6.07) is 4.00. The summed E-state index contributed by atoms with van der Waals surface area (Å²) in [6.45, 7) is 3.58. The first-order valence-corrected chi connectivity index (χ1v) is 7.55. The summed E-state index contributed by atoms with van der Waals surface area (Å²) in [5.41, 5.74) is 6.60. The van der Waals surface area contributed by atoms with Crippen LogP contribution in [0.25, 0.3) is 0 Å². The van der Waals surface area contributed by atoms with Crippen molar-refractivity contribution in [2.45, 2.75) is 18.9 Å². The van der Waals surface area contributed by atoms with E-state index in [0.29, 0.717) is 12.5 Å². The number of benzene rings is 1. The Balaban J connectivity index is 2.00. The summed E-state index contributed by atoms with van der Waals surface area (Å²) in [5, 5.41) is 0. The zero-order valence-corrected chi connectivity index (χ0v) is 12.9. The van der Waals surface area contributed by atoms with Gasteiger partial charge in [0, 0.05) is 19.1 Å². The third-order valence-electron chi connectivity index (χ3n) is 4.47. The standard InChI is InChI=1S/C16H25F2N3/c1-20-7-5-12(6-8-20)11-21(2)16(10-19)13-3-4-14(17)15(18)9-13/h3-4,9,12,16H,5-8,10-11,19H2,1-2H3. The highest BCUT2D eigenvalue weighted by molar-refractivity contribution is 5.21. The first-order valence-electron chi connectivity index (χ1n) is 7.55. The van der Waals surface area contributed by atoms with Crippen molar-refractivity contribution < 1.29 is 8.78 Å². The first-order chi connectivity index (χ1) is 10.0. The minimum absolute atomic E-state index is 0.0697. The molecule has 1 saturated heterocycles. The summed E-state index contributed by atoms with van der Waals surface area (Å²) >= 11 is 0. The molecular formula is C16H25F2N3. The Hall–Kier alpha value is -1.04. The third kappa shape index (κ3) is 4.22. The molecule has 0 radical (unpaired) electrons. The predicted molar refractivity (Wildman–Crippen MR) is 81.0 cm³/mol.